The van der Waals surface area contributed by atoms with Crippen molar-refractivity contribution in [3.63, 3.8) is 0 Å². The second-order valence-electron chi connectivity index (χ2n) is 0.448. The third-order valence-corrected chi connectivity index (χ3v) is 0. The predicted molar refractivity (Wildman–Crippen MR) is 27.7 cm³/mol. The van der Waals surface area contributed by atoms with Crippen LogP contribution < -0.4 is 0 Å². The molecule has 0 unspecified atom stereocenters. The Balaban J connectivity index is -0.0000000267. The first kappa shape index (κ1) is 22.8. The van der Waals surface area contributed by atoms with Crippen LogP contribution in [0.15, 0.2) is 0 Å². The zero-order chi connectivity index (χ0) is 4.50. The first-order chi connectivity index (χ1) is 2.00. The molecule has 8 heteroatoms. The zero-order valence-electron chi connectivity index (χ0n) is 3.12. The molecule has 0 bridgehead atoms. The summed E-state index contributed by atoms with van der Waals surface area (Å²) in [5.41, 5.74) is 0. The van der Waals surface area contributed by atoms with Crippen LogP contribution in [0.4, 0.5) is 0 Å². The van der Waals surface area contributed by atoms with E-state index in [0.717, 1.165) is 0 Å². The Labute approximate surface area is 76.6 Å². The molecular formula is H7AlO5SZr. The Hall–Kier alpha value is 1.25. The molecule has 0 saturated carbocycles. The van der Waals surface area contributed by atoms with Crippen molar-refractivity contribution in [1.82, 2.24) is 0 Å². The minimum atomic E-state index is -4.67. The maximum atomic E-state index is 8.74. The van der Waals surface area contributed by atoms with E-state index in [4.69, 9.17) is 17.5 Å². The molecule has 0 aliphatic rings. The topological polar surface area (TPSA) is 106 Å². The molecule has 0 fully saturated rings. The molecule has 0 aromatic carbocycles. The predicted octanol–water partition coefficient (Wildman–Crippen LogP) is -2.66. The Morgan fingerprint density at radius 3 is 1.12 bits per heavy atom. The van der Waals surface area contributed by atoms with Crippen molar-refractivity contribution in [2.75, 3.05) is 0 Å². The van der Waals surface area contributed by atoms with Crippen molar-refractivity contribution in [2.45, 2.75) is 0 Å². The summed E-state index contributed by atoms with van der Waals surface area (Å²) < 4.78 is 31.6. The van der Waals surface area contributed by atoms with E-state index < -0.39 is 10.4 Å². The summed E-state index contributed by atoms with van der Waals surface area (Å²) in [6, 6.07) is 0. The Morgan fingerprint density at radius 1 is 1.12 bits per heavy atom. The van der Waals surface area contributed by atoms with Gasteiger partial charge >= 0.3 is 10.4 Å². The Bertz CT molecular complexity index is 95.6. The van der Waals surface area contributed by atoms with Crippen LogP contribution in [0.3, 0.4) is 0 Å². The van der Waals surface area contributed by atoms with Crippen molar-refractivity contribution >= 4 is 27.8 Å². The van der Waals surface area contributed by atoms with E-state index >= 15 is 0 Å². The van der Waals surface area contributed by atoms with Crippen LogP contribution in [0.1, 0.15) is 0 Å². The van der Waals surface area contributed by atoms with E-state index in [2.05, 4.69) is 0 Å². The van der Waals surface area contributed by atoms with Gasteiger partial charge < -0.3 is 5.48 Å². The summed E-state index contributed by atoms with van der Waals surface area (Å²) in [6.07, 6.45) is 0. The molecule has 5 nitrogen and oxygen atoms in total. The van der Waals surface area contributed by atoms with Gasteiger partial charge in [0.25, 0.3) is 0 Å². The standard InChI is InChI=1S/Al.H2O4S.H2O.Zr.3H/c;1-5(2,3)4;;;;;/h;(H2,1,2,3,4);1H2;;;;. The first-order valence-electron chi connectivity index (χ1n) is 0.698. The summed E-state index contributed by atoms with van der Waals surface area (Å²) in [6.45, 7) is 0. The largest absolute Gasteiger partial charge is 0.412 e. The van der Waals surface area contributed by atoms with E-state index in [1.165, 1.54) is 0 Å². The molecule has 0 heterocycles. The normalized spacial score (nSPS) is 7.25. The van der Waals surface area contributed by atoms with E-state index in [-0.39, 0.29) is 49.0 Å². The maximum absolute atomic E-state index is 8.74. The Kier molecular flexibility index (Phi) is 23.5. The van der Waals surface area contributed by atoms with Crippen molar-refractivity contribution < 1.29 is 49.2 Å². The van der Waals surface area contributed by atoms with Gasteiger partial charge in [0.05, 0.1) is 0 Å². The van der Waals surface area contributed by atoms with Gasteiger partial charge in [-0.25, -0.2) is 0 Å². The SMILES string of the molecule is O.O=S(=O)(O)O.[AlH3].[Zr]. The van der Waals surface area contributed by atoms with Crippen molar-refractivity contribution in [2.24, 2.45) is 0 Å². The molecule has 50 valence electrons. The van der Waals surface area contributed by atoms with Gasteiger partial charge in [0, 0.05) is 26.2 Å². The molecule has 4 N–H and O–H groups in total. The Morgan fingerprint density at radius 2 is 1.12 bits per heavy atom. The molecule has 0 saturated heterocycles. The fourth-order valence-corrected chi connectivity index (χ4v) is 0. The molecule has 0 atom stereocenters. The average molecular weight is 237 g/mol. The second-order valence-corrected chi connectivity index (χ2v) is 1.34. The van der Waals surface area contributed by atoms with Crippen LogP contribution in [0.2, 0.25) is 0 Å². The number of hydrogen-bond acceptors (Lipinski definition) is 2. The molecule has 8 heavy (non-hydrogen) atoms. The quantitative estimate of drug-likeness (QED) is 0.354. The summed E-state index contributed by atoms with van der Waals surface area (Å²) in [5, 5.41) is 0. The van der Waals surface area contributed by atoms with Gasteiger partial charge in [-0.2, -0.15) is 8.42 Å². The van der Waals surface area contributed by atoms with E-state index in [1.807, 2.05) is 0 Å². The molecule has 0 spiro atoms. The van der Waals surface area contributed by atoms with Gasteiger partial charge in [-0.15, -0.1) is 0 Å². The van der Waals surface area contributed by atoms with Crippen molar-refractivity contribution in [3.8, 4) is 0 Å². The van der Waals surface area contributed by atoms with Crippen LogP contribution in [0.5, 0.6) is 0 Å². The van der Waals surface area contributed by atoms with E-state index in [9.17, 15) is 0 Å². The zero-order valence-corrected chi connectivity index (χ0v) is 6.39. The van der Waals surface area contributed by atoms with Crippen LogP contribution >= 0.6 is 0 Å². The third-order valence-electron chi connectivity index (χ3n) is 0. The van der Waals surface area contributed by atoms with Crippen LogP contribution in [0.25, 0.3) is 0 Å². The fourth-order valence-electron chi connectivity index (χ4n) is 0. The molecule has 0 aliphatic heterocycles. The first-order valence-corrected chi connectivity index (χ1v) is 2.10. The fraction of sp³-hybridized carbons (Fsp3) is 0. The van der Waals surface area contributed by atoms with Crippen LogP contribution in [-0.2, 0) is 36.6 Å². The second kappa shape index (κ2) is 8.25. The van der Waals surface area contributed by atoms with Crippen LogP contribution in [-0.4, -0.2) is 40.4 Å². The van der Waals surface area contributed by atoms with Crippen LogP contribution in [0, 0.1) is 0 Å². The molecule has 0 amide bonds. The third kappa shape index (κ3) is 182. The monoisotopic (exact) mass is 236 g/mol. The summed E-state index contributed by atoms with van der Waals surface area (Å²) in [5.74, 6) is 0. The van der Waals surface area contributed by atoms with E-state index in [0.29, 0.717) is 0 Å². The molecule has 0 aromatic heterocycles. The van der Waals surface area contributed by atoms with Crippen molar-refractivity contribution in [3.05, 3.63) is 0 Å². The summed E-state index contributed by atoms with van der Waals surface area (Å²) in [4.78, 5) is 0. The smallest absolute Gasteiger partial charge is 0.394 e. The average Bonchev–Trinajstić information content (AvgIpc) is 0.722. The molecule has 0 rings (SSSR count). The maximum Gasteiger partial charge on any atom is 0.394 e. The minimum Gasteiger partial charge on any atom is -0.412 e. The molecule has 0 radical (unpaired) electrons. The van der Waals surface area contributed by atoms with Gasteiger partial charge in [0.15, 0.2) is 17.4 Å². The van der Waals surface area contributed by atoms with Gasteiger partial charge in [-0.05, 0) is 0 Å². The van der Waals surface area contributed by atoms with Gasteiger partial charge in [-0.1, -0.05) is 0 Å². The summed E-state index contributed by atoms with van der Waals surface area (Å²) in [7, 11) is -4.67. The van der Waals surface area contributed by atoms with Gasteiger partial charge in [-0.3, -0.25) is 9.11 Å². The molecular weight excluding hydrogens is 230 g/mol. The van der Waals surface area contributed by atoms with Crippen molar-refractivity contribution in [1.29, 1.82) is 0 Å². The van der Waals surface area contributed by atoms with E-state index in [1.54, 1.807) is 0 Å². The van der Waals surface area contributed by atoms with Gasteiger partial charge in [0.1, 0.15) is 0 Å². The molecule has 0 aromatic rings. The molecule has 0 aliphatic carbocycles. The minimum absolute atomic E-state index is 0. The summed E-state index contributed by atoms with van der Waals surface area (Å²) >= 11 is 0. The number of rotatable bonds is 0. The van der Waals surface area contributed by atoms with Gasteiger partial charge in [0.2, 0.25) is 0 Å². The number of hydrogen-bond donors (Lipinski definition) is 2.